The van der Waals surface area contributed by atoms with E-state index < -0.39 is 27.2 Å². The first-order valence-corrected chi connectivity index (χ1v) is 8.92. The van der Waals surface area contributed by atoms with E-state index >= 15 is 0 Å². The van der Waals surface area contributed by atoms with Gasteiger partial charge < -0.3 is 9.64 Å². The Morgan fingerprint density at radius 3 is 2.62 bits per heavy atom. The maximum atomic E-state index is 12.4. The van der Waals surface area contributed by atoms with E-state index in [4.69, 9.17) is 4.74 Å². The van der Waals surface area contributed by atoms with Gasteiger partial charge in [-0.15, -0.1) is 0 Å². The van der Waals surface area contributed by atoms with Gasteiger partial charge in [0, 0.05) is 12.0 Å². The smallest absolute Gasteiger partial charge is 0.345 e. The molecule has 1 aromatic carbocycles. The van der Waals surface area contributed by atoms with Crippen molar-refractivity contribution in [2.45, 2.75) is 38.1 Å². The second-order valence-electron chi connectivity index (χ2n) is 6.98. The molecule has 9 nitrogen and oxygen atoms in total. The molecular formula is C17H22N3O6+. The Bertz CT molecular complexity index is 720. The molecule has 0 aromatic heterocycles. The van der Waals surface area contributed by atoms with E-state index in [9.17, 15) is 25.0 Å². The zero-order valence-electron chi connectivity index (χ0n) is 14.4. The van der Waals surface area contributed by atoms with Crippen LogP contribution in [0.2, 0.25) is 0 Å². The number of nitro groups is 2. The van der Waals surface area contributed by atoms with Crippen molar-refractivity contribution >= 4 is 17.3 Å². The molecule has 0 aliphatic carbocycles. The van der Waals surface area contributed by atoms with Crippen molar-refractivity contribution in [3.63, 3.8) is 0 Å². The standard InChI is InChI=1S/C17H21N3O6/c21-17(14-7-6-13(19(22)23)10-16(14)20(24)25)26-11-12-4-3-9-18-8-2-1-5-15(12)18/h6-7,10,12,15H,1-5,8-9,11H2/p+1/t12-,15-/m0/s1. The molecule has 2 saturated heterocycles. The van der Waals surface area contributed by atoms with Gasteiger partial charge in [0.1, 0.15) is 12.2 Å². The van der Waals surface area contributed by atoms with Crippen molar-refractivity contribution in [2.75, 3.05) is 19.7 Å². The van der Waals surface area contributed by atoms with Crippen molar-refractivity contribution in [2.24, 2.45) is 5.92 Å². The van der Waals surface area contributed by atoms with Gasteiger partial charge >= 0.3 is 5.97 Å². The quantitative estimate of drug-likeness (QED) is 0.481. The van der Waals surface area contributed by atoms with Crippen LogP contribution in [0.25, 0.3) is 0 Å². The monoisotopic (exact) mass is 364 g/mol. The maximum absolute atomic E-state index is 12.4. The Kier molecular flexibility index (Phi) is 5.46. The predicted octanol–water partition coefficient (Wildman–Crippen LogP) is 1.51. The van der Waals surface area contributed by atoms with Crippen molar-refractivity contribution in [1.82, 2.24) is 0 Å². The fourth-order valence-electron chi connectivity index (χ4n) is 4.19. The summed E-state index contributed by atoms with van der Waals surface area (Å²) in [7, 11) is 0. The lowest BCUT2D eigenvalue weighted by Crippen LogP contribution is -3.18. The average Bonchev–Trinajstić information content (AvgIpc) is 2.65. The number of piperidine rings is 2. The third-order valence-electron chi connectivity index (χ3n) is 5.47. The molecule has 9 heteroatoms. The molecule has 1 unspecified atom stereocenters. The topological polar surface area (TPSA) is 117 Å². The van der Waals surface area contributed by atoms with Crippen LogP contribution in [0, 0.1) is 26.1 Å². The van der Waals surface area contributed by atoms with Gasteiger partial charge in [0.15, 0.2) is 0 Å². The van der Waals surface area contributed by atoms with Crippen LogP contribution in [0.15, 0.2) is 18.2 Å². The fourth-order valence-corrected chi connectivity index (χ4v) is 4.19. The maximum Gasteiger partial charge on any atom is 0.345 e. The summed E-state index contributed by atoms with van der Waals surface area (Å²) in [5, 5.41) is 22.0. The van der Waals surface area contributed by atoms with Crippen LogP contribution in [-0.4, -0.2) is 41.6 Å². The highest BCUT2D eigenvalue weighted by Gasteiger charge is 2.37. The van der Waals surface area contributed by atoms with Crippen molar-refractivity contribution < 1.29 is 24.3 Å². The number of fused-ring (bicyclic) bond motifs is 1. The number of ether oxygens (including phenoxy) is 1. The molecule has 0 spiro atoms. The van der Waals surface area contributed by atoms with Gasteiger partial charge in [-0.2, -0.15) is 0 Å². The van der Waals surface area contributed by atoms with Crippen LogP contribution in [0.1, 0.15) is 42.5 Å². The Morgan fingerprint density at radius 1 is 1.12 bits per heavy atom. The number of quaternary nitrogens is 1. The summed E-state index contributed by atoms with van der Waals surface area (Å²) in [6, 6.07) is 3.45. The van der Waals surface area contributed by atoms with Crippen LogP contribution in [0.4, 0.5) is 11.4 Å². The van der Waals surface area contributed by atoms with Crippen LogP contribution >= 0.6 is 0 Å². The Morgan fingerprint density at radius 2 is 1.88 bits per heavy atom. The summed E-state index contributed by atoms with van der Waals surface area (Å²) >= 11 is 0. The number of rotatable bonds is 5. The fraction of sp³-hybridized carbons (Fsp3) is 0.588. The number of non-ortho nitro benzene ring substituents is 1. The van der Waals surface area contributed by atoms with Gasteiger partial charge in [0.05, 0.1) is 35.0 Å². The number of nitrogens with zero attached hydrogens (tertiary/aromatic N) is 2. The molecule has 2 aliphatic heterocycles. The van der Waals surface area contributed by atoms with Gasteiger partial charge in [0.2, 0.25) is 0 Å². The number of hydrogen-bond acceptors (Lipinski definition) is 6. The summed E-state index contributed by atoms with van der Waals surface area (Å²) < 4.78 is 5.38. The van der Waals surface area contributed by atoms with Crippen LogP contribution in [-0.2, 0) is 4.74 Å². The minimum absolute atomic E-state index is 0.237. The predicted molar refractivity (Wildman–Crippen MR) is 91.1 cm³/mol. The van der Waals surface area contributed by atoms with Gasteiger partial charge in [-0.1, -0.05) is 0 Å². The van der Waals surface area contributed by atoms with Crippen molar-refractivity contribution in [3.8, 4) is 0 Å². The zero-order valence-corrected chi connectivity index (χ0v) is 14.4. The molecule has 1 aromatic rings. The number of carbonyl (C=O) groups excluding carboxylic acids is 1. The molecule has 2 aliphatic rings. The summed E-state index contributed by atoms with van der Waals surface area (Å²) in [5.74, 6) is -0.533. The highest BCUT2D eigenvalue weighted by atomic mass is 16.6. The number of hydrogen-bond donors (Lipinski definition) is 1. The summed E-state index contributed by atoms with van der Waals surface area (Å²) in [4.78, 5) is 34.4. The molecule has 2 heterocycles. The molecule has 0 radical (unpaired) electrons. The van der Waals surface area contributed by atoms with E-state index in [2.05, 4.69) is 0 Å². The van der Waals surface area contributed by atoms with E-state index in [1.165, 1.54) is 12.8 Å². The number of esters is 1. The molecule has 0 amide bonds. The summed E-state index contributed by atoms with van der Waals surface area (Å²) in [6.07, 6.45) is 5.62. The average molecular weight is 364 g/mol. The minimum Gasteiger partial charge on any atom is -0.461 e. The largest absolute Gasteiger partial charge is 0.461 e. The minimum atomic E-state index is -0.797. The number of benzene rings is 1. The SMILES string of the molecule is O=C(OC[C@@H]1CCC[NH+]2CCCC[C@@H]12)c1ccc([N+](=O)[O-])cc1[N+](=O)[O-]. The molecule has 1 N–H and O–H groups in total. The second-order valence-corrected chi connectivity index (χ2v) is 6.98. The van der Waals surface area contributed by atoms with Crippen molar-refractivity contribution in [1.29, 1.82) is 0 Å². The van der Waals surface area contributed by atoms with Crippen LogP contribution < -0.4 is 4.90 Å². The third-order valence-corrected chi connectivity index (χ3v) is 5.47. The second kappa shape index (κ2) is 7.77. The first kappa shape index (κ1) is 18.2. The highest BCUT2D eigenvalue weighted by Crippen LogP contribution is 2.26. The number of nitrogens with one attached hydrogen (secondary N) is 1. The van der Waals surface area contributed by atoms with Gasteiger partial charge in [-0.3, -0.25) is 20.2 Å². The molecule has 0 saturated carbocycles. The van der Waals surface area contributed by atoms with Gasteiger partial charge in [-0.05, 0) is 38.2 Å². The van der Waals surface area contributed by atoms with E-state index in [0.717, 1.165) is 50.6 Å². The lowest BCUT2D eigenvalue weighted by atomic mass is 9.84. The molecule has 2 fully saturated rings. The normalized spacial score (nSPS) is 25.2. The third kappa shape index (κ3) is 3.82. The molecular weight excluding hydrogens is 342 g/mol. The van der Waals surface area contributed by atoms with Gasteiger partial charge in [-0.25, -0.2) is 4.79 Å². The Balaban J connectivity index is 1.70. The molecule has 3 atom stereocenters. The summed E-state index contributed by atoms with van der Waals surface area (Å²) in [5.41, 5.74) is -1.27. The first-order chi connectivity index (χ1) is 12.5. The lowest BCUT2D eigenvalue weighted by Gasteiger charge is -2.40. The highest BCUT2D eigenvalue weighted by molar-refractivity contribution is 5.94. The summed E-state index contributed by atoms with van der Waals surface area (Å²) in [6.45, 7) is 2.55. The van der Waals surface area contributed by atoms with Crippen LogP contribution in [0.5, 0.6) is 0 Å². The number of carbonyl (C=O) groups is 1. The zero-order chi connectivity index (χ0) is 18.7. The van der Waals surface area contributed by atoms with Gasteiger partial charge in [0.25, 0.3) is 11.4 Å². The van der Waals surface area contributed by atoms with Crippen molar-refractivity contribution in [3.05, 3.63) is 44.0 Å². The molecule has 0 bridgehead atoms. The molecule has 140 valence electrons. The van der Waals surface area contributed by atoms with Crippen LogP contribution in [0.3, 0.4) is 0 Å². The Labute approximate surface area is 150 Å². The molecule has 26 heavy (non-hydrogen) atoms. The van der Waals surface area contributed by atoms with E-state index in [1.54, 1.807) is 4.90 Å². The van der Waals surface area contributed by atoms with E-state index in [-0.39, 0.29) is 18.1 Å². The number of nitro benzene ring substituents is 2. The van der Waals surface area contributed by atoms with E-state index in [0.29, 0.717) is 6.04 Å². The molecule has 3 rings (SSSR count). The van der Waals surface area contributed by atoms with E-state index in [1.807, 2.05) is 0 Å². The Hall–Kier alpha value is -2.55. The lowest BCUT2D eigenvalue weighted by molar-refractivity contribution is -0.940. The first-order valence-electron chi connectivity index (χ1n) is 8.92.